The average molecular weight is 334 g/mol. The van der Waals surface area contributed by atoms with Crippen molar-refractivity contribution >= 4 is 17.9 Å². The van der Waals surface area contributed by atoms with E-state index in [9.17, 15) is 29.7 Å². The first-order valence-electron chi connectivity index (χ1n) is 6.56. The van der Waals surface area contributed by atoms with Crippen LogP contribution in [0.2, 0.25) is 0 Å². The number of carboxylic acids is 3. The first kappa shape index (κ1) is 15.6. The number of aromatic carboxylic acids is 3. The van der Waals surface area contributed by atoms with Crippen LogP contribution in [0.3, 0.4) is 0 Å². The molecule has 0 radical (unpaired) electrons. The molecule has 124 valence electrons. The van der Waals surface area contributed by atoms with Gasteiger partial charge in [0.15, 0.2) is 0 Å². The minimum atomic E-state index is -1.71. The molecule has 0 saturated carbocycles. The Kier molecular flexibility index (Phi) is 3.36. The number of rotatable bonds is 3. The third-order valence-corrected chi connectivity index (χ3v) is 3.72. The van der Waals surface area contributed by atoms with Gasteiger partial charge in [0.25, 0.3) is 0 Å². The van der Waals surface area contributed by atoms with Gasteiger partial charge in [-0.05, 0) is 12.1 Å². The van der Waals surface area contributed by atoms with Crippen molar-refractivity contribution in [2.45, 2.75) is 12.2 Å². The molecule has 0 fully saturated rings. The standard InChI is InChI=1S/C14H10N2O8/c17-10-4-2-6(14(23)24)15-8(4)7-3(12(19)20)1-5(13(21)22)16-9(7)11(10)18/h1-2,10-11,15,17-18H,(H,19,20)(H,21,22)(H,23,24). The maximum absolute atomic E-state index is 11.5. The predicted octanol–water partition coefficient (Wildman–Crippen LogP) is 0.252. The largest absolute Gasteiger partial charge is 0.478 e. The minimum absolute atomic E-state index is 0.0141. The summed E-state index contributed by atoms with van der Waals surface area (Å²) in [5, 5.41) is 47.7. The third kappa shape index (κ3) is 2.13. The lowest BCUT2D eigenvalue weighted by Gasteiger charge is -2.27. The fourth-order valence-electron chi connectivity index (χ4n) is 2.67. The summed E-state index contributed by atoms with van der Waals surface area (Å²) in [6.07, 6.45) is -3.29. The zero-order valence-electron chi connectivity index (χ0n) is 11.7. The van der Waals surface area contributed by atoms with Gasteiger partial charge >= 0.3 is 17.9 Å². The smallest absolute Gasteiger partial charge is 0.354 e. The zero-order valence-corrected chi connectivity index (χ0v) is 11.7. The lowest BCUT2D eigenvalue weighted by Crippen LogP contribution is -2.22. The second-order valence-electron chi connectivity index (χ2n) is 5.13. The minimum Gasteiger partial charge on any atom is -0.478 e. The fraction of sp³-hybridized carbons (Fsp3) is 0.143. The summed E-state index contributed by atoms with van der Waals surface area (Å²) in [5.74, 6) is -4.35. The van der Waals surface area contributed by atoms with Gasteiger partial charge in [-0.1, -0.05) is 0 Å². The Labute approximate surface area is 132 Å². The molecule has 1 aliphatic carbocycles. The van der Waals surface area contributed by atoms with Crippen molar-refractivity contribution in [2.24, 2.45) is 0 Å². The number of pyridine rings is 1. The second kappa shape index (κ2) is 5.15. The quantitative estimate of drug-likeness (QED) is 0.458. The first-order valence-corrected chi connectivity index (χ1v) is 6.56. The maximum atomic E-state index is 11.5. The number of aromatic nitrogens is 2. The fourth-order valence-corrected chi connectivity index (χ4v) is 2.67. The van der Waals surface area contributed by atoms with Crippen molar-refractivity contribution in [1.82, 2.24) is 9.97 Å². The molecule has 3 rings (SSSR count). The van der Waals surface area contributed by atoms with Crippen molar-refractivity contribution in [3.63, 3.8) is 0 Å². The summed E-state index contributed by atoms with van der Waals surface area (Å²) < 4.78 is 0. The van der Waals surface area contributed by atoms with Crippen LogP contribution in [-0.2, 0) is 0 Å². The van der Waals surface area contributed by atoms with Crippen LogP contribution in [0.25, 0.3) is 11.3 Å². The Morgan fingerprint density at radius 1 is 0.958 bits per heavy atom. The molecule has 2 aromatic rings. The molecule has 1 aliphatic rings. The molecule has 0 aliphatic heterocycles. The van der Waals surface area contributed by atoms with E-state index in [1.54, 1.807) is 0 Å². The van der Waals surface area contributed by atoms with Gasteiger partial charge in [0.1, 0.15) is 23.6 Å². The molecule has 0 spiro atoms. The second-order valence-corrected chi connectivity index (χ2v) is 5.13. The van der Waals surface area contributed by atoms with E-state index < -0.39 is 41.4 Å². The van der Waals surface area contributed by atoms with Crippen LogP contribution >= 0.6 is 0 Å². The van der Waals surface area contributed by atoms with Gasteiger partial charge in [0.05, 0.1) is 17.0 Å². The van der Waals surface area contributed by atoms with E-state index in [2.05, 4.69) is 9.97 Å². The first-order chi connectivity index (χ1) is 11.2. The van der Waals surface area contributed by atoms with Gasteiger partial charge in [-0.2, -0.15) is 0 Å². The van der Waals surface area contributed by atoms with E-state index in [4.69, 9.17) is 10.2 Å². The SMILES string of the molecule is O=C(O)c1cc(C(=O)O)c2c(n1)C(O)C(O)c1cc(C(=O)O)[nH]c1-2. The predicted molar refractivity (Wildman–Crippen MR) is 74.8 cm³/mol. The van der Waals surface area contributed by atoms with E-state index >= 15 is 0 Å². The average Bonchev–Trinajstić information content (AvgIpc) is 2.96. The number of nitrogens with zero attached hydrogens (tertiary/aromatic N) is 1. The van der Waals surface area contributed by atoms with Crippen LogP contribution < -0.4 is 0 Å². The number of carbonyl (C=O) groups is 3. The van der Waals surface area contributed by atoms with Gasteiger partial charge in [-0.3, -0.25) is 0 Å². The molecule has 24 heavy (non-hydrogen) atoms. The summed E-state index contributed by atoms with van der Waals surface area (Å²) in [6, 6.07) is 1.88. The molecule has 10 heteroatoms. The molecule has 2 unspecified atom stereocenters. The normalized spacial score (nSPS) is 18.6. The Hall–Kier alpha value is -3.24. The molecule has 0 saturated heterocycles. The van der Waals surface area contributed by atoms with Crippen LogP contribution in [0, 0.1) is 0 Å². The summed E-state index contributed by atoms with van der Waals surface area (Å²) in [5.41, 5.74) is -1.99. The Morgan fingerprint density at radius 2 is 1.62 bits per heavy atom. The van der Waals surface area contributed by atoms with Crippen LogP contribution in [0.4, 0.5) is 0 Å². The summed E-state index contributed by atoms with van der Waals surface area (Å²) in [6.45, 7) is 0. The number of aromatic amines is 1. The summed E-state index contributed by atoms with van der Waals surface area (Å²) in [4.78, 5) is 39.9. The molecule has 2 aromatic heterocycles. The van der Waals surface area contributed by atoms with Gasteiger partial charge in [-0.25, -0.2) is 19.4 Å². The van der Waals surface area contributed by atoms with E-state index in [-0.39, 0.29) is 28.2 Å². The molecule has 2 atom stereocenters. The van der Waals surface area contributed by atoms with Gasteiger partial charge < -0.3 is 30.5 Å². The van der Waals surface area contributed by atoms with Crippen molar-refractivity contribution in [3.05, 3.63) is 40.3 Å². The highest BCUT2D eigenvalue weighted by Crippen LogP contribution is 2.45. The molecule has 10 nitrogen and oxygen atoms in total. The van der Waals surface area contributed by atoms with E-state index in [0.29, 0.717) is 0 Å². The number of nitrogens with one attached hydrogen (secondary N) is 1. The van der Waals surface area contributed by atoms with Crippen LogP contribution in [-0.4, -0.2) is 53.4 Å². The van der Waals surface area contributed by atoms with E-state index in [0.717, 1.165) is 12.1 Å². The number of aliphatic hydroxyl groups is 2. The Balaban J connectivity index is 2.39. The van der Waals surface area contributed by atoms with Crippen LogP contribution in [0.15, 0.2) is 12.1 Å². The molecule has 0 amide bonds. The van der Waals surface area contributed by atoms with Crippen molar-refractivity contribution < 1.29 is 39.9 Å². The molecule has 0 bridgehead atoms. The highest BCUT2D eigenvalue weighted by Gasteiger charge is 2.38. The molecule has 2 heterocycles. The molecular formula is C14H10N2O8. The number of fused-ring (bicyclic) bond motifs is 3. The van der Waals surface area contributed by atoms with Crippen molar-refractivity contribution in [2.75, 3.05) is 0 Å². The Bertz CT molecular complexity index is 900. The number of aliphatic hydroxyl groups excluding tert-OH is 2. The van der Waals surface area contributed by atoms with Gasteiger partial charge in [0, 0.05) is 11.1 Å². The van der Waals surface area contributed by atoms with Gasteiger partial charge in [0.2, 0.25) is 0 Å². The van der Waals surface area contributed by atoms with Crippen LogP contribution in [0.5, 0.6) is 0 Å². The lowest BCUT2D eigenvalue weighted by atomic mass is 9.86. The zero-order chi connectivity index (χ0) is 17.8. The van der Waals surface area contributed by atoms with E-state index in [1.807, 2.05) is 0 Å². The maximum Gasteiger partial charge on any atom is 0.354 e. The van der Waals surface area contributed by atoms with E-state index in [1.165, 1.54) is 0 Å². The van der Waals surface area contributed by atoms with Gasteiger partial charge in [-0.15, -0.1) is 0 Å². The number of H-pyrrole nitrogens is 1. The number of carboxylic acid groups (broad SMARTS) is 3. The number of hydrogen-bond donors (Lipinski definition) is 6. The van der Waals surface area contributed by atoms with Crippen molar-refractivity contribution in [3.8, 4) is 11.3 Å². The number of hydrogen-bond acceptors (Lipinski definition) is 6. The summed E-state index contributed by atoms with van der Waals surface area (Å²) >= 11 is 0. The monoisotopic (exact) mass is 334 g/mol. The molecular weight excluding hydrogens is 324 g/mol. The highest BCUT2D eigenvalue weighted by molar-refractivity contribution is 6.00. The summed E-state index contributed by atoms with van der Waals surface area (Å²) in [7, 11) is 0. The molecule has 6 N–H and O–H groups in total. The Morgan fingerprint density at radius 3 is 2.17 bits per heavy atom. The lowest BCUT2D eigenvalue weighted by molar-refractivity contribution is 0.0128. The van der Waals surface area contributed by atoms with Crippen LogP contribution in [0.1, 0.15) is 54.8 Å². The highest BCUT2D eigenvalue weighted by atomic mass is 16.4. The van der Waals surface area contributed by atoms with Crippen molar-refractivity contribution in [1.29, 1.82) is 0 Å². The third-order valence-electron chi connectivity index (χ3n) is 3.72. The molecule has 0 aromatic carbocycles. The topological polar surface area (TPSA) is 181 Å².